The van der Waals surface area contributed by atoms with Crippen LogP contribution in [0.5, 0.6) is 0 Å². The smallest absolute Gasteiger partial charge is 0.322 e. The standard InChI is InChI=1S/C12H23N3O2/c1-9(15-7-5-6-8-15)10(16)13-11(17)14-12(2,3)4/h9H,5-8H2,1-4H3,(H2,13,14,16,17)/p+1/t9-/m0/s1. The minimum Gasteiger partial charge on any atom is -0.333 e. The molecule has 3 N–H and O–H groups in total. The number of amides is 3. The fraction of sp³-hybridized carbons (Fsp3) is 0.833. The molecule has 17 heavy (non-hydrogen) atoms. The van der Waals surface area contributed by atoms with Gasteiger partial charge in [-0.25, -0.2) is 4.79 Å². The zero-order valence-electron chi connectivity index (χ0n) is 11.2. The summed E-state index contributed by atoms with van der Waals surface area (Å²) in [5.41, 5.74) is -0.325. The first-order chi connectivity index (χ1) is 7.79. The molecule has 0 bridgehead atoms. The second-order valence-corrected chi connectivity index (χ2v) is 5.78. The first-order valence-electron chi connectivity index (χ1n) is 6.27. The van der Waals surface area contributed by atoms with Gasteiger partial charge in [0.1, 0.15) is 0 Å². The monoisotopic (exact) mass is 242 g/mol. The van der Waals surface area contributed by atoms with Gasteiger partial charge in [0.05, 0.1) is 13.1 Å². The van der Waals surface area contributed by atoms with Crippen molar-refractivity contribution in [2.45, 2.75) is 52.1 Å². The maximum absolute atomic E-state index is 11.8. The van der Waals surface area contributed by atoms with Crippen molar-refractivity contribution in [1.82, 2.24) is 10.6 Å². The molecule has 1 heterocycles. The Morgan fingerprint density at radius 3 is 2.18 bits per heavy atom. The zero-order valence-corrected chi connectivity index (χ0v) is 11.2. The Balaban J connectivity index is 2.40. The number of hydrogen-bond donors (Lipinski definition) is 3. The van der Waals surface area contributed by atoms with Crippen molar-refractivity contribution in [3.8, 4) is 0 Å². The number of rotatable bonds is 2. The molecule has 3 amide bonds. The minimum absolute atomic E-state index is 0.150. The van der Waals surface area contributed by atoms with Crippen molar-refractivity contribution in [2.75, 3.05) is 13.1 Å². The molecule has 0 spiro atoms. The van der Waals surface area contributed by atoms with Crippen molar-refractivity contribution in [1.29, 1.82) is 0 Å². The first kappa shape index (κ1) is 14.0. The van der Waals surface area contributed by atoms with Gasteiger partial charge in [0, 0.05) is 18.4 Å². The minimum atomic E-state index is -0.409. The number of urea groups is 1. The third-order valence-electron chi connectivity index (χ3n) is 2.98. The van der Waals surface area contributed by atoms with E-state index in [1.54, 1.807) is 0 Å². The summed E-state index contributed by atoms with van der Waals surface area (Å²) in [5.74, 6) is -0.191. The average Bonchev–Trinajstić information content (AvgIpc) is 2.65. The predicted octanol–water partition coefficient (Wildman–Crippen LogP) is -0.322. The lowest BCUT2D eigenvalue weighted by atomic mass is 10.1. The third-order valence-corrected chi connectivity index (χ3v) is 2.98. The van der Waals surface area contributed by atoms with Gasteiger partial charge in [-0.3, -0.25) is 10.1 Å². The Kier molecular flexibility index (Phi) is 4.51. The fourth-order valence-electron chi connectivity index (χ4n) is 2.04. The van der Waals surface area contributed by atoms with Crippen molar-refractivity contribution in [3.63, 3.8) is 0 Å². The van der Waals surface area contributed by atoms with Crippen molar-refractivity contribution >= 4 is 11.9 Å². The quantitative estimate of drug-likeness (QED) is 0.621. The molecule has 5 heteroatoms. The maximum atomic E-state index is 11.8. The van der Waals surface area contributed by atoms with Gasteiger partial charge in [-0.1, -0.05) is 0 Å². The van der Waals surface area contributed by atoms with Crippen LogP contribution in [0.25, 0.3) is 0 Å². The predicted molar refractivity (Wildman–Crippen MR) is 65.8 cm³/mol. The zero-order chi connectivity index (χ0) is 13.1. The molecule has 0 unspecified atom stereocenters. The largest absolute Gasteiger partial charge is 0.333 e. The highest BCUT2D eigenvalue weighted by Crippen LogP contribution is 1.97. The van der Waals surface area contributed by atoms with E-state index in [1.165, 1.54) is 17.7 Å². The Morgan fingerprint density at radius 1 is 1.18 bits per heavy atom. The highest BCUT2D eigenvalue weighted by molar-refractivity contribution is 5.96. The number of hydrogen-bond acceptors (Lipinski definition) is 2. The lowest BCUT2D eigenvalue weighted by Crippen LogP contribution is -3.15. The number of carbonyl (C=O) groups is 2. The lowest BCUT2D eigenvalue weighted by Gasteiger charge is -2.23. The third kappa shape index (κ3) is 4.73. The Morgan fingerprint density at radius 2 is 1.71 bits per heavy atom. The molecule has 1 fully saturated rings. The molecule has 1 aliphatic heterocycles. The van der Waals surface area contributed by atoms with E-state index in [0.29, 0.717) is 0 Å². The number of likely N-dealkylation sites (tertiary alicyclic amines) is 1. The van der Waals surface area contributed by atoms with Gasteiger partial charge in [-0.2, -0.15) is 0 Å². The van der Waals surface area contributed by atoms with Crippen LogP contribution in [0, 0.1) is 0 Å². The van der Waals surface area contributed by atoms with Crippen LogP contribution in [0.4, 0.5) is 4.79 Å². The summed E-state index contributed by atoms with van der Waals surface area (Å²) in [6.45, 7) is 9.57. The van der Waals surface area contributed by atoms with E-state index in [1.807, 2.05) is 27.7 Å². The van der Waals surface area contributed by atoms with Gasteiger partial charge in [-0.05, 0) is 27.7 Å². The van der Waals surface area contributed by atoms with Crippen molar-refractivity contribution < 1.29 is 14.5 Å². The molecule has 1 atom stereocenters. The van der Waals surface area contributed by atoms with Gasteiger partial charge in [0.25, 0.3) is 5.91 Å². The first-order valence-corrected chi connectivity index (χ1v) is 6.27. The Labute approximate surface area is 103 Å². The molecule has 1 aliphatic rings. The number of imide groups is 1. The summed E-state index contributed by atoms with van der Waals surface area (Å²) < 4.78 is 0. The molecule has 0 aliphatic carbocycles. The van der Waals surface area contributed by atoms with E-state index >= 15 is 0 Å². The second kappa shape index (κ2) is 5.49. The fourth-order valence-corrected chi connectivity index (χ4v) is 2.04. The Bertz CT molecular complexity index is 291. The summed E-state index contributed by atoms with van der Waals surface area (Å²) in [7, 11) is 0. The lowest BCUT2D eigenvalue weighted by molar-refractivity contribution is -0.901. The molecular weight excluding hydrogens is 218 g/mol. The molecule has 0 aromatic heterocycles. The molecule has 0 aromatic rings. The van der Waals surface area contributed by atoms with Gasteiger partial charge in [0.15, 0.2) is 6.04 Å². The molecule has 0 radical (unpaired) electrons. The molecule has 1 rings (SSSR count). The number of quaternary nitrogens is 1. The average molecular weight is 242 g/mol. The SMILES string of the molecule is C[C@@H](C(=O)NC(=O)NC(C)(C)C)[NH+]1CCCC1. The second-order valence-electron chi connectivity index (χ2n) is 5.78. The summed E-state index contributed by atoms with van der Waals surface area (Å²) in [5, 5.41) is 5.12. The molecule has 0 aromatic carbocycles. The van der Waals surface area contributed by atoms with Crippen LogP contribution in [0.15, 0.2) is 0 Å². The van der Waals surface area contributed by atoms with Gasteiger partial charge < -0.3 is 10.2 Å². The summed E-state index contributed by atoms with van der Waals surface area (Å²) in [6.07, 6.45) is 2.34. The molecule has 1 saturated heterocycles. The van der Waals surface area contributed by atoms with Crippen LogP contribution in [-0.4, -0.2) is 36.6 Å². The van der Waals surface area contributed by atoms with Crippen molar-refractivity contribution in [3.05, 3.63) is 0 Å². The van der Waals surface area contributed by atoms with Crippen LogP contribution in [0.3, 0.4) is 0 Å². The molecule has 98 valence electrons. The summed E-state index contributed by atoms with van der Waals surface area (Å²) >= 11 is 0. The molecule has 5 nitrogen and oxygen atoms in total. The number of carbonyl (C=O) groups excluding carboxylic acids is 2. The highest BCUT2D eigenvalue weighted by Gasteiger charge is 2.29. The van der Waals surface area contributed by atoms with Crippen LogP contribution >= 0.6 is 0 Å². The van der Waals surface area contributed by atoms with E-state index in [2.05, 4.69) is 10.6 Å². The van der Waals surface area contributed by atoms with Crippen molar-refractivity contribution in [2.24, 2.45) is 0 Å². The topological polar surface area (TPSA) is 62.6 Å². The molecule has 0 saturated carbocycles. The van der Waals surface area contributed by atoms with E-state index in [4.69, 9.17) is 0 Å². The van der Waals surface area contributed by atoms with Gasteiger partial charge in [-0.15, -0.1) is 0 Å². The summed E-state index contributed by atoms with van der Waals surface area (Å²) in [4.78, 5) is 24.6. The maximum Gasteiger partial charge on any atom is 0.322 e. The van der Waals surface area contributed by atoms with Crippen LogP contribution in [0.2, 0.25) is 0 Å². The van der Waals surface area contributed by atoms with E-state index in [0.717, 1.165) is 13.1 Å². The van der Waals surface area contributed by atoms with Crippen LogP contribution in [0.1, 0.15) is 40.5 Å². The highest BCUT2D eigenvalue weighted by atomic mass is 16.2. The van der Waals surface area contributed by atoms with E-state index in [-0.39, 0.29) is 17.5 Å². The van der Waals surface area contributed by atoms with E-state index in [9.17, 15) is 9.59 Å². The normalized spacial score (nSPS) is 18.8. The van der Waals surface area contributed by atoms with Crippen LogP contribution in [-0.2, 0) is 4.79 Å². The molecular formula is C12H24N3O2+. The van der Waals surface area contributed by atoms with Gasteiger partial charge >= 0.3 is 6.03 Å². The number of nitrogens with one attached hydrogen (secondary N) is 3. The van der Waals surface area contributed by atoms with E-state index < -0.39 is 6.03 Å². The van der Waals surface area contributed by atoms with Crippen LogP contribution < -0.4 is 15.5 Å². The van der Waals surface area contributed by atoms with Gasteiger partial charge in [0.2, 0.25) is 0 Å². The Hall–Kier alpha value is -1.10. The summed E-state index contributed by atoms with van der Waals surface area (Å²) in [6, 6.07) is -0.559.